The van der Waals surface area contributed by atoms with E-state index < -0.39 is 11.6 Å². The number of fused-ring (bicyclic) bond motifs is 1. The highest BCUT2D eigenvalue weighted by molar-refractivity contribution is 8.03. The quantitative estimate of drug-likeness (QED) is 0.452. The second-order valence-corrected chi connectivity index (χ2v) is 10.5. The van der Waals surface area contributed by atoms with Gasteiger partial charge in [-0.3, -0.25) is 0 Å². The third-order valence-corrected chi connectivity index (χ3v) is 8.06. The van der Waals surface area contributed by atoms with Crippen molar-refractivity contribution in [2.75, 3.05) is 7.11 Å². The number of ether oxygens (including phenoxy) is 2. The van der Waals surface area contributed by atoms with Gasteiger partial charge in [0, 0.05) is 17.8 Å². The molecule has 0 radical (unpaired) electrons. The lowest BCUT2D eigenvalue weighted by molar-refractivity contribution is -0.166. The lowest BCUT2D eigenvalue weighted by atomic mass is 9.77. The standard InChI is InChI=1S/C26H30N4O4S/c1-16-14-17(2)30-24(27-16)28-25(29-30)35-22-21(31)15-26(34-23(22)32,19-6-4-5-7-19)13-12-18-8-10-20(33-3)11-9-18/h8-11,14,19,31H,4-7,12-13,15H2,1-3H3. The number of thioether (sulfide) groups is 1. The molecule has 3 aromatic rings. The number of methoxy groups -OCH3 is 1. The van der Waals surface area contributed by atoms with E-state index in [1.54, 1.807) is 11.6 Å². The fraction of sp³-hybridized carbons (Fsp3) is 0.462. The van der Waals surface area contributed by atoms with Crippen molar-refractivity contribution in [3.05, 3.63) is 57.9 Å². The van der Waals surface area contributed by atoms with Gasteiger partial charge in [0.05, 0.1) is 7.11 Å². The molecule has 5 rings (SSSR count). The lowest BCUT2D eigenvalue weighted by Gasteiger charge is -2.41. The molecule has 1 atom stereocenters. The number of aryl methyl sites for hydroxylation is 3. The molecule has 8 nitrogen and oxygen atoms in total. The van der Waals surface area contributed by atoms with Crippen LogP contribution in [0.5, 0.6) is 5.75 Å². The van der Waals surface area contributed by atoms with Crippen LogP contribution in [0.2, 0.25) is 0 Å². The van der Waals surface area contributed by atoms with Crippen LogP contribution in [0.25, 0.3) is 5.78 Å². The van der Waals surface area contributed by atoms with E-state index in [0.29, 0.717) is 23.8 Å². The molecule has 1 aliphatic carbocycles. The first kappa shape index (κ1) is 23.7. The summed E-state index contributed by atoms with van der Waals surface area (Å²) in [5.41, 5.74) is 2.18. The van der Waals surface area contributed by atoms with Crippen molar-refractivity contribution >= 4 is 23.5 Å². The van der Waals surface area contributed by atoms with Crippen LogP contribution in [0.15, 0.2) is 46.2 Å². The summed E-state index contributed by atoms with van der Waals surface area (Å²) in [6.07, 6.45) is 5.97. The van der Waals surface area contributed by atoms with Gasteiger partial charge < -0.3 is 14.6 Å². The molecule has 35 heavy (non-hydrogen) atoms. The van der Waals surface area contributed by atoms with E-state index in [4.69, 9.17) is 9.47 Å². The Bertz CT molecular complexity index is 1280. The Morgan fingerprint density at radius 3 is 2.63 bits per heavy atom. The van der Waals surface area contributed by atoms with Gasteiger partial charge >= 0.3 is 5.97 Å². The van der Waals surface area contributed by atoms with Crippen LogP contribution < -0.4 is 4.74 Å². The number of cyclic esters (lactones) is 1. The van der Waals surface area contributed by atoms with Crippen LogP contribution in [-0.2, 0) is 16.0 Å². The molecule has 1 unspecified atom stereocenters. The molecule has 0 amide bonds. The number of benzene rings is 1. The highest BCUT2D eigenvalue weighted by Gasteiger charge is 2.48. The average Bonchev–Trinajstić information content (AvgIpc) is 3.51. The molecule has 9 heteroatoms. The van der Waals surface area contributed by atoms with Crippen molar-refractivity contribution in [1.29, 1.82) is 0 Å². The van der Waals surface area contributed by atoms with Gasteiger partial charge in [-0.15, -0.1) is 5.10 Å². The summed E-state index contributed by atoms with van der Waals surface area (Å²) in [7, 11) is 1.65. The summed E-state index contributed by atoms with van der Waals surface area (Å²) in [5.74, 6) is 1.08. The Labute approximate surface area is 208 Å². The topological polar surface area (TPSA) is 98.8 Å². The highest BCUT2D eigenvalue weighted by atomic mass is 32.2. The Balaban J connectivity index is 1.39. The number of rotatable bonds is 7. The Kier molecular flexibility index (Phi) is 6.44. The maximum absolute atomic E-state index is 13.3. The third-order valence-electron chi connectivity index (χ3n) is 7.10. The van der Waals surface area contributed by atoms with Crippen LogP contribution in [0, 0.1) is 19.8 Å². The molecular weight excluding hydrogens is 464 g/mol. The first-order chi connectivity index (χ1) is 16.9. The first-order valence-electron chi connectivity index (χ1n) is 12.0. The minimum Gasteiger partial charge on any atom is -0.511 e. The van der Waals surface area contributed by atoms with Crippen molar-refractivity contribution in [2.24, 2.45) is 5.92 Å². The summed E-state index contributed by atoms with van der Waals surface area (Å²) in [4.78, 5) is 22.3. The number of hydrogen-bond acceptors (Lipinski definition) is 8. The van der Waals surface area contributed by atoms with E-state index in [-0.39, 0.29) is 16.6 Å². The zero-order valence-electron chi connectivity index (χ0n) is 20.3. The largest absolute Gasteiger partial charge is 0.511 e. The average molecular weight is 495 g/mol. The summed E-state index contributed by atoms with van der Waals surface area (Å²) >= 11 is 1.04. The maximum atomic E-state index is 13.3. The van der Waals surface area contributed by atoms with Crippen LogP contribution in [-0.4, -0.2) is 43.4 Å². The lowest BCUT2D eigenvalue weighted by Crippen LogP contribution is -2.45. The maximum Gasteiger partial charge on any atom is 0.349 e. The number of hydrogen-bond donors (Lipinski definition) is 1. The molecule has 1 saturated carbocycles. The Morgan fingerprint density at radius 2 is 1.94 bits per heavy atom. The van der Waals surface area contributed by atoms with E-state index >= 15 is 0 Å². The van der Waals surface area contributed by atoms with Crippen molar-refractivity contribution in [3.8, 4) is 5.75 Å². The predicted octanol–water partition coefficient (Wildman–Crippen LogP) is 5.12. The van der Waals surface area contributed by atoms with Gasteiger partial charge in [-0.25, -0.2) is 14.3 Å². The second kappa shape index (κ2) is 9.53. The number of nitrogens with zero attached hydrogens (tertiary/aromatic N) is 4. The zero-order valence-corrected chi connectivity index (χ0v) is 21.1. The fourth-order valence-corrected chi connectivity index (χ4v) is 6.05. The second-order valence-electron chi connectivity index (χ2n) is 9.48. The van der Waals surface area contributed by atoms with E-state index in [1.807, 2.05) is 44.2 Å². The molecule has 0 saturated heterocycles. The van der Waals surface area contributed by atoms with Gasteiger partial charge in [0.25, 0.3) is 5.78 Å². The minimum absolute atomic E-state index is 0.0626. The van der Waals surface area contributed by atoms with Crippen LogP contribution in [0.1, 0.15) is 55.5 Å². The number of carbonyl (C=O) groups excluding carboxylic acids is 1. The summed E-state index contributed by atoms with van der Waals surface area (Å²) in [5, 5.41) is 15.9. The number of aromatic nitrogens is 4. The van der Waals surface area contributed by atoms with Crippen molar-refractivity contribution in [3.63, 3.8) is 0 Å². The van der Waals surface area contributed by atoms with E-state index in [9.17, 15) is 9.90 Å². The van der Waals surface area contributed by atoms with Crippen LogP contribution in [0.4, 0.5) is 0 Å². The van der Waals surface area contributed by atoms with Gasteiger partial charge in [-0.2, -0.15) is 4.98 Å². The normalized spacial score (nSPS) is 21.1. The van der Waals surface area contributed by atoms with Gasteiger partial charge in [0.15, 0.2) is 0 Å². The van der Waals surface area contributed by atoms with Crippen molar-refractivity contribution in [1.82, 2.24) is 19.6 Å². The minimum atomic E-state index is -0.705. The molecule has 2 aliphatic rings. The molecule has 2 aromatic heterocycles. The van der Waals surface area contributed by atoms with E-state index in [2.05, 4.69) is 15.1 Å². The summed E-state index contributed by atoms with van der Waals surface area (Å²) in [6, 6.07) is 9.87. The van der Waals surface area contributed by atoms with Gasteiger partial charge in [-0.05, 0) is 81.0 Å². The number of aliphatic hydroxyl groups excluding tert-OH is 1. The number of esters is 1. The molecule has 0 spiro atoms. The van der Waals surface area contributed by atoms with E-state index in [1.165, 1.54) is 0 Å². The number of aliphatic hydroxyl groups is 1. The molecule has 1 aromatic carbocycles. The molecule has 1 aliphatic heterocycles. The van der Waals surface area contributed by atoms with E-state index in [0.717, 1.165) is 66.6 Å². The van der Waals surface area contributed by atoms with Gasteiger partial charge in [0.1, 0.15) is 22.0 Å². The molecule has 1 N–H and O–H groups in total. The summed E-state index contributed by atoms with van der Waals surface area (Å²) < 4.78 is 13.1. The molecular formula is C26H30N4O4S. The predicted molar refractivity (Wildman–Crippen MR) is 132 cm³/mol. The van der Waals surface area contributed by atoms with Gasteiger partial charge in [-0.1, -0.05) is 25.0 Å². The molecule has 0 bridgehead atoms. The monoisotopic (exact) mass is 494 g/mol. The molecule has 3 heterocycles. The smallest absolute Gasteiger partial charge is 0.349 e. The Hall–Kier alpha value is -3.07. The summed E-state index contributed by atoms with van der Waals surface area (Å²) in [6.45, 7) is 3.82. The first-order valence-corrected chi connectivity index (χ1v) is 12.9. The number of carbonyl (C=O) groups is 1. The molecule has 1 fully saturated rings. The Morgan fingerprint density at radius 1 is 1.20 bits per heavy atom. The van der Waals surface area contributed by atoms with Gasteiger partial charge in [0.2, 0.25) is 5.16 Å². The molecule has 184 valence electrons. The highest BCUT2D eigenvalue weighted by Crippen LogP contribution is 2.47. The SMILES string of the molecule is COc1ccc(CCC2(C3CCCC3)CC(O)=C(Sc3nc4nc(C)cc(C)n4n3)C(=O)O2)cc1. The zero-order chi connectivity index (χ0) is 24.6. The van der Waals surface area contributed by atoms with Crippen molar-refractivity contribution in [2.45, 2.75) is 69.6 Å². The van der Waals surface area contributed by atoms with Crippen molar-refractivity contribution < 1.29 is 19.4 Å². The fourth-order valence-electron chi connectivity index (χ4n) is 5.30. The third kappa shape index (κ3) is 4.74. The van der Waals surface area contributed by atoms with Crippen LogP contribution in [0.3, 0.4) is 0 Å². The van der Waals surface area contributed by atoms with Crippen LogP contribution >= 0.6 is 11.8 Å².